The van der Waals surface area contributed by atoms with E-state index in [0.717, 1.165) is 25.9 Å². The second kappa shape index (κ2) is 4.74. The Balaban J connectivity index is 1.74. The van der Waals surface area contributed by atoms with Crippen LogP contribution in [0.2, 0.25) is 0 Å². The number of rotatable bonds is 2. The van der Waals surface area contributed by atoms with Gasteiger partial charge in [0.1, 0.15) is 0 Å². The molecule has 2 saturated heterocycles. The fourth-order valence-electron chi connectivity index (χ4n) is 2.79. The third-order valence-electron chi connectivity index (χ3n) is 3.80. The smallest absolute Gasteiger partial charge is 0.167 e. The van der Waals surface area contributed by atoms with Crippen LogP contribution in [0.15, 0.2) is 18.5 Å². The van der Waals surface area contributed by atoms with Gasteiger partial charge in [-0.3, -0.25) is 4.79 Å². The third-order valence-corrected chi connectivity index (χ3v) is 3.80. The van der Waals surface area contributed by atoms with E-state index in [9.17, 15) is 4.79 Å². The molecule has 2 fully saturated rings. The van der Waals surface area contributed by atoms with Gasteiger partial charge in [0.2, 0.25) is 0 Å². The van der Waals surface area contributed by atoms with Crippen molar-refractivity contribution in [2.75, 3.05) is 19.8 Å². The zero-order valence-electron chi connectivity index (χ0n) is 10.2. The van der Waals surface area contributed by atoms with E-state index < -0.39 is 0 Å². The zero-order valence-corrected chi connectivity index (χ0v) is 10.2. The van der Waals surface area contributed by atoms with Crippen LogP contribution < -0.4 is 0 Å². The van der Waals surface area contributed by atoms with Crippen LogP contribution in [0.5, 0.6) is 0 Å². The zero-order chi connectivity index (χ0) is 12.4. The van der Waals surface area contributed by atoms with Gasteiger partial charge in [0.15, 0.2) is 5.78 Å². The lowest BCUT2D eigenvalue weighted by atomic mass is 9.81. The Labute approximate surface area is 106 Å². The molecule has 0 radical (unpaired) electrons. The molecule has 5 nitrogen and oxygen atoms in total. The van der Waals surface area contributed by atoms with Crippen LogP contribution in [0.25, 0.3) is 0 Å². The molecule has 5 heteroatoms. The number of aromatic nitrogens is 2. The summed E-state index contributed by atoms with van der Waals surface area (Å²) < 4.78 is 11.3. The molecule has 0 saturated carbocycles. The van der Waals surface area contributed by atoms with Gasteiger partial charge in [-0.15, -0.1) is 0 Å². The molecule has 1 aromatic heterocycles. The average Bonchev–Trinajstić information content (AvgIpc) is 2.87. The lowest BCUT2D eigenvalue weighted by molar-refractivity contribution is -0.0920. The van der Waals surface area contributed by atoms with Gasteiger partial charge in [-0.05, 0) is 18.9 Å². The molecular formula is C13H16N2O3. The number of carbonyl (C=O) groups is 1. The standard InChI is InChI=1S/C13H16N2O3/c16-12(11-1-4-14-15-8-11)10-2-5-18-13(7-10)3-6-17-9-13/h1,4,8,10H,2-3,5-7,9H2. The summed E-state index contributed by atoms with van der Waals surface area (Å²) in [6.07, 6.45) is 5.53. The number of Topliss-reactive ketones (excluding diaryl/α,β-unsaturated/α-hetero) is 1. The van der Waals surface area contributed by atoms with Crippen molar-refractivity contribution >= 4 is 5.78 Å². The SMILES string of the molecule is O=C(c1ccnnc1)C1CCOC2(CCOC2)C1. The minimum Gasteiger partial charge on any atom is -0.378 e. The normalized spacial score (nSPS) is 31.7. The summed E-state index contributed by atoms with van der Waals surface area (Å²) in [5.74, 6) is 0.170. The van der Waals surface area contributed by atoms with Crippen molar-refractivity contribution < 1.29 is 14.3 Å². The molecular weight excluding hydrogens is 232 g/mol. The Morgan fingerprint density at radius 1 is 1.39 bits per heavy atom. The first-order chi connectivity index (χ1) is 8.79. The van der Waals surface area contributed by atoms with Crippen molar-refractivity contribution in [3.8, 4) is 0 Å². The first kappa shape index (κ1) is 11.7. The highest BCUT2D eigenvalue weighted by Gasteiger charge is 2.43. The van der Waals surface area contributed by atoms with Crippen LogP contribution >= 0.6 is 0 Å². The van der Waals surface area contributed by atoms with Gasteiger partial charge >= 0.3 is 0 Å². The van der Waals surface area contributed by atoms with Crippen molar-refractivity contribution in [1.29, 1.82) is 0 Å². The summed E-state index contributed by atoms with van der Waals surface area (Å²) in [5.41, 5.74) is 0.421. The highest BCUT2D eigenvalue weighted by Crippen LogP contribution is 2.36. The first-order valence-electron chi connectivity index (χ1n) is 6.32. The van der Waals surface area contributed by atoms with E-state index in [2.05, 4.69) is 10.2 Å². The van der Waals surface area contributed by atoms with Crippen LogP contribution in [0.3, 0.4) is 0 Å². The largest absolute Gasteiger partial charge is 0.378 e. The van der Waals surface area contributed by atoms with E-state index in [1.54, 1.807) is 12.3 Å². The van der Waals surface area contributed by atoms with Crippen molar-refractivity contribution in [3.63, 3.8) is 0 Å². The minimum atomic E-state index is -0.223. The van der Waals surface area contributed by atoms with Gasteiger partial charge in [-0.1, -0.05) is 0 Å². The Kier molecular flexibility index (Phi) is 3.09. The van der Waals surface area contributed by atoms with Crippen LogP contribution in [0.1, 0.15) is 29.6 Å². The minimum absolute atomic E-state index is 0.0182. The van der Waals surface area contributed by atoms with Crippen LogP contribution in [-0.2, 0) is 9.47 Å². The van der Waals surface area contributed by atoms with Gasteiger partial charge in [-0.25, -0.2) is 0 Å². The van der Waals surface area contributed by atoms with Crippen molar-refractivity contribution in [3.05, 3.63) is 24.0 Å². The Morgan fingerprint density at radius 2 is 2.33 bits per heavy atom. The number of carbonyl (C=O) groups excluding carboxylic acids is 1. The summed E-state index contributed by atoms with van der Waals surface area (Å²) >= 11 is 0. The second-order valence-electron chi connectivity index (χ2n) is 5.02. The molecule has 3 rings (SSSR count). The molecule has 0 bridgehead atoms. The molecule has 0 N–H and O–H groups in total. The molecule has 0 amide bonds. The number of hydrogen-bond donors (Lipinski definition) is 0. The molecule has 3 heterocycles. The quantitative estimate of drug-likeness (QED) is 0.737. The van der Waals surface area contributed by atoms with Crippen molar-refractivity contribution in [1.82, 2.24) is 10.2 Å². The third kappa shape index (κ3) is 2.15. The molecule has 96 valence electrons. The maximum absolute atomic E-state index is 12.4. The molecule has 0 aliphatic carbocycles. The lowest BCUT2D eigenvalue weighted by Crippen LogP contribution is -2.42. The summed E-state index contributed by atoms with van der Waals surface area (Å²) in [4.78, 5) is 12.4. The van der Waals surface area contributed by atoms with Crippen LogP contribution in [0.4, 0.5) is 0 Å². The first-order valence-corrected chi connectivity index (χ1v) is 6.32. The molecule has 2 aliphatic heterocycles. The maximum atomic E-state index is 12.4. The highest BCUT2D eigenvalue weighted by atomic mass is 16.6. The number of hydrogen-bond acceptors (Lipinski definition) is 5. The van der Waals surface area contributed by atoms with Crippen molar-refractivity contribution in [2.45, 2.75) is 24.9 Å². The Hall–Kier alpha value is -1.33. The summed E-state index contributed by atoms with van der Waals surface area (Å²) in [5, 5.41) is 7.46. The van der Waals surface area contributed by atoms with E-state index in [4.69, 9.17) is 9.47 Å². The summed E-state index contributed by atoms with van der Waals surface area (Å²) in [6, 6.07) is 1.72. The summed E-state index contributed by atoms with van der Waals surface area (Å²) in [7, 11) is 0. The number of nitrogens with zero attached hydrogens (tertiary/aromatic N) is 2. The molecule has 1 spiro atoms. The van der Waals surface area contributed by atoms with Gasteiger partial charge < -0.3 is 9.47 Å². The Morgan fingerprint density at radius 3 is 3.06 bits per heavy atom. The van der Waals surface area contributed by atoms with Gasteiger partial charge in [0.25, 0.3) is 0 Å². The van der Waals surface area contributed by atoms with Crippen LogP contribution in [0, 0.1) is 5.92 Å². The molecule has 18 heavy (non-hydrogen) atoms. The van der Waals surface area contributed by atoms with E-state index in [0.29, 0.717) is 18.8 Å². The molecule has 2 unspecified atom stereocenters. The topological polar surface area (TPSA) is 61.3 Å². The molecule has 1 aromatic rings. The van der Waals surface area contributed by atoms with Gasteiger partial charge in [0.05, 0.1) is 24.6 Å². The summed E-state index contributed by atoms with van der Waals surface area (Å²) in [6.45, 7) is 1.99. The fourth-order valence-corrected chi connectivity index (χ4v) is 2.79. The Bertz CT molecular complexity index is 429. The van der Waals surface area contributed by atoms with E-state index in [1.807, 2.05) is 0 Å². The number of ether oxygens (including phenoxy) is 2. The van der Waals surface area contributed by atoms with Crippen molar-refractivity contribution in [2.24, 2.45) is 5.92 Å². The van der Waals surface area contributed by atoms with Crippen LogP contribution in [-0.4, -0.2) is 41.4 Å². The highest BCUT2D eigenvalue weighted by molar-refractivity contribution is 5.97. The molecule has 0 aromatic carbocycles. The second-order valence-corrected chi connectivity index (χ2v) is 5.02. The molecule has 2 aliphatic rings. The average molecular weight is 248 g/mol. The predicted molar refractivity (Wildman–Crippen MR) is 63.2 cm³/mol. The predicted octanol–water partition coefficient (Wildman–Crippen LogP) is 1.24. The molecule has 2 atom stereocenters. The van der Waals surface area contributed by atoms with Gasteiger partial charge in [0, 0.05) is 31.1 Å². The fraction of sp³-hybridized carbons (Fsp3) is 0.615. The van der Waals surface area contributed by atoms with E-state index in [-0.39, 0.29) is 17.3 Å². The maximum Gasteiger partial charge on any atom is 0.167 e. The monoisotopic (exact) mass is 248 g/mol. The lowest BCUT2D eigenvalue weighted by Gasteiger charge is -2.36. The van der Waals surface area contributed by atoms with E-state index >= 15 is 0 Å². The van der Waals surface area contributed by atoms with E-state index in [1.165, 1.54) is 6.20 Å². The number of ketones is 1. The van der Waals surface area contributed by atoms with Gasteiger partial charge in [-0.2, -0.15) is 10.2 Å².